The van der Waals surface area contributed by atoms with Crippen molar-refractivity contribution in [1.29, 1.82) is 0 Å². The molecule has 0 radical (unpaired) electrons. The van der Waals surface area contributed by atoms with E-state index < -0.39 is 0 Å². The summed E-state index contributed by atoms with van der Waals surface area (Å²) in [6, 6.07) is 0. The first-order valence-corrected chi connectivity index (χ1v) is 4.91. The predicted molar refractivity (Wildman–Crippen MR) is 45.7 cm³/mol. The Bertz CT molecular complexity index is 200. The maximum Gasteiger partial charge on any atom is 0.141 e. The Hall–Kier alpha value is -0.370. The van der Waals surface area contributed by atoms with Crippen LogP contribution in [0.25, 0.3) is 0 Å². The van der Waals surface area contributed by atoms with E-state index in [1.54, 1.807) is 0 Å². The number of carbonyl (C=O) groups excluding carboxylic acids is 1. The van der Waals surface area contributed by atoms with Gasteiger partial charge >= 0.3 is 0 Å². The van der Waals surface area contributed by atoms with E-state index in [-0.39, 0.29) is 12.0 Å². The van der Waals surface area contributed by atoms with Crippen LogP contribution >= 0.6 is 0 Å². The zero-order chi connectivity index (χ0) is 8.60. The molecule has 2 aliphatic carbocycles. The van der Waals surface area contributed by atoms with Crippen LogP contribution in [0.5, 0.6) is 0 Å². The van der Waals surface area contributed by atoms with Gasteiger partial charge in [0.25, 0.3) is 0 Å². The van der Waals surface area contributed by atoms with Gasteiger partial charge < -0.3 is 5.11 Å². The van der Waals surface area contributed by atoms with Crippen molar-refractivity contribution < 1.29 is 9.90 Å². The van der Waals surface area contributed by atoms with E-state index in [1.807, 2.05) is 0 Å². The molecule has 2 bridgehead atoms. The number of Topliss-reactive ketones (excluding diaryl/α,β-unsaturated/α-hetero) is 1. The van der Waals surface area contributed by atoms with Crippen molar-refractivity contribution >= 4 is 5.78 Å². The second-order valence-electron chi connectivity index (χ2n) is 4.36. The predicted octanol–water partition coefficient (Wildman–Crippen LogP) is 1.52. The lowest BCUT2D eigenvalue weighted by Gasteiger charge is -2.42. The molecule has 0 aromatic heterocycles. The molecule has 2 rings (SSSR count). The lowest BCUT2D eigenvalue weighted by molar-refractivity contribution is -0.138. The van der Waals surface area contributed by atoms with Crippen LogP contribution in [0.15, 0.2) is 0 Å². The first-order valence-electron chi connectivity index (χ1n) is 4.91. The van der Waals surface area contributed by atoms with Crippen LogP contribution < -0.4 is 0 Å². The van der Waals surface area contributed by atoms with E-state index in [2.05, 4.69) is 0 Å². The molecule has 2 nitrogen and oxygen atoms in total. The molecule has 12 heavy (non-hydrogen) atoms. The smallest absolute Gasteiger partial charge is 0.141 e. The van der Waals surface area contributed by atoms with Gasteiger partial charge in [0.2, 0.25) is 0 Å². The van der Waals surface area contributed by atoms with Crippen molar-refractivity contribution in [1.82, 2.24) is 0 Å². The van der Waals surface area contributed by atoms with Crippen LogP contribution in [-0.2, 0) is 4.79 Å². The van der Waals surface area contributed by atoms with Gasteiger partial charge in [0.05, 0.1) is 12.0 Å². The number of hydrogen-bond acceptors (Lipinski definition) is 2. The van der Waals surface area contributed by atoms with E-state index in [9.17, 15) is 9.90 Å². The molecule has 2 aliphatic rings. The topological polar surface area (TPSA) is 37.3 Å². The summed E-state index contributed by atoms with van der Waals surface area (Å²) >= 11 is 0. The van der Waals surface area contributed by atoms with Gasteiger partial charge in [-0.3, -0.25) is 4.79 Å². The quantitative estimate of drug-likeness (QED) is 0.644. The lowest BCUT2D eigenvalue weighted by Crippen LogP contribution is -2.43. The van der Waals surface area contributed by atoms with Crippen LogP contribution in [0.4, 0.5) is 0 Å². The standard InChI is InChI=1S/C10H16O2/c11-7-10-5-1-2-8(6-10)3-4-9(10)12/h8,11H,1-7H2. The highest BCUT2D eigenvalue weighted by atomic mass is 16.3. The molecule has 0 amide bonds. The highest BCUT2D eigenvalue weighted by Gasteiger charge is 2.44. The molecule has 0 aromatic rings. The molecule has 0 aliphatic heterocycles. The Morgan fingerprint density at radius 2 is 2.33 bits per heavy atom. The molecule has 1 N–H and O–H groups in total. The highest BCUT2D eigenvalue weighted by molar-refractivity contribution is 5.85. The number of fused-ring (bicyclic) bond motifs is 2. The van der Waals surface area contributed by atoms with Crippen LogP contribution in [0.2, 0.25) is 0 Å². The zero-order valence-electron chi connectivity index (χ0n) is 7.38. The molecular formula is C10H16O2. The normalized spacial score (nSPS) is 41.4. The second kappa shape index (κ2) is 2.84. The number of carbonyl (C=O) groups is 1. The fraction of sp³-hybridized carbons (Fsp3) is 0.900. The molecule has 2 atom stereocenters. The van der Waals surface area contributed by atoms with E-state index in [0.717, 1.165) is 31.6 Å². The molecule has 0 saturated heterocycles. The van der Waals surface area contributed by atoms with Gasteiger partial charge in [-0.1, -0.05) is 12.8 Å². The van der Waals surface area contributed by atoms with Crippen molar-refractivity contribution in [2.24, 2.45) is 11.3 Å². The van der Waals surface area contributed by atoms with Gasteiger partial charge in [0.1, 0.15) is 5.78 Å². The van der Waals surface area contributed by atoms with Gasteiger partial charge in [0, 0.05) is 6.42 Å². The maximum absolute atomic E-state index is 11.6. The van der Waals surface area contributed by atoms with Crippen LogP contribution in [0, 0.1) is 11.3 Å². The van der Waals surface area contributed by atoms with Gasteiger partial charge in [0.15, 0.2) is 0 Å². The SMILES string of the molecule is O=C1CCC2CCCC1(CO)C2. The maximum atomic E-state index is 11.6. The minimum atomic E-state index is -0.304. The fourth-order valence-corrected chi connectivity index (χ4v) is 2.82. The molecule has 2 unspecified atom stereocenters. The van der Waals surface area contributed by atoms with Gasteiger partial charge in [-0.2, -0.15) is 0 Å². The Labute approximate surface area is 73.0 Å². The molecule has 68 valence electrons. The largest absolute Gasteiger partial charge is 0.395 e. The number of ketones is 1. The summed E-state index contributed by atoms with van der Waals surface area (Å²) < 4.78 is 0. The first kappa shape index (κ1) is 8.24. The summed E-state index contributed by atoms with van der Waals surface area (Å²) in [4.78, 5) is 11.6. The number of hydrogen-bond donors (Lipinski definition) is 1. The molecule has 0 aromatic carbocycles. The molecule has 2 fully saturated rings. The van der Waals surface area contributed by atoms with Crippen molar-refractivity contribution in [3.05, 3.63) is 0 Å². The molecule has 0 spiro atoms. The van der Waals surface area contributed by atoms with E-state index in [0.29, 0.717) is 12.2 Å². The summed E-state index contributed by atoms with van der Waals surface area (Å²) in [5, 5.41) is 9.24. The Morgan fingerprint density at radius 3 is 3.00 bits per heavy atom. The number of aliphatic hydroxyl groups excluding tert-OH is 1. The molecular weight excluding hydrogens is 152 g/mol. The lowest BCUT2D eigenvalue weighted by atomic mass is 9.62. The summed E-state index contributed by atoms with van der Waals surface area (Å²) in [6.45, 7) is 0.0856. The Balaban J connectivity index is 2.20. The summed E-state index contributed by atoms with van der Waals surface area (Å²) in [6.07, 6.45) is 6.08. The second-order valence-corrected chi connectivity index (χ2v) is 4.36. The Kier molecular flexibility index (Phi) is 1.95. The van der Waals surface area contributed by atoms with Crippen LogP contribution in [-0.4, -0.2) is 17.5 Å². The zero-order valence-corrected chi connectivity index (χ0v) is 7.38. The monoisotopic (exact) mass is 168 g/mol. The highest BCUT2D eigenvalue weighted by Crippen LogP contribution is 2.46. The Morgan fingerprint density at radius 1 is 1.50 bits per heavy atom. The molecule has 2 heteroatoms. The molecule has 2 saturated carbocycles. The third-order valence-corrected chi connectivity index (χ3v) is 3.62. The van der Waals surface area contributed by atoms with Crippen molar-refractivity contribution in [3.63, 3.8) is 0 Å². The van der Waals surface area contributed by atoms with Gasteiger partial charge in [-0.05, 0) is 25.2 Å². The van der Waals surface area contributed by atoms with E-state index in [4.69, 9.17) is 0 Å². The van der Waals surface area contributed by atoms with Crippen LogP contribution in [0.1, 0.15) is 38.5 Å². The van der Waals surface area contributed by atoms with Crippen molar-refractivity contribution in [2.45, 2.75) is 38.5 Å². The van der Waals surface area contributed by atoms with E-state index >= 15 is 0 Å². The van der Waals surface area contributed by atoms with E-state index in [1.165, 1.54) is 6.42 Å². The third-order valence-electron chi connectivity index (χ3n) is 3.62. The summed E-state index contributed by atoms with van der Waals surface area (Å²) in [7, 11) is 0. The number of aliphatic hydroxyl groups is 1. The first-order chi connectivity index (χ1) is 5.77. The van der Waals surface area contributed by atoms with Gasteiger partial charge in [-0.25, -0.2) is 0 Å². The average Bonchev–Trinajstić information content (AvgIpc) is 2.13. The minimum absolute atomic E-state index is 0.0856. The average molecular weight is 168 g/mol. The molecule has 0 heterocycles. The third kappa shape index (κ3) is 1.09. The summed E-state index contributed by atoms with van der Waals surface area (Å²) in [5.74, 6) is 1.05. The van der Waals surface area contributed by atoms with Crippen molar-refractivity contribution in [3.8, 4) is 0 Å². The minimum Gasteiger partial charge on any atom is -0.395 e. The van der Waals surface area contributed by atoms with Crippen molar-refractivity contribution in [2.75, 3.05) is 6.61 Å². The van der Waals surface area contributed by atoms with Gasteiger partial charge in [-0.15, -0.1) is 0 Å². The fourth-order valence-electron chi connectivity index (χ4n) is 2.82. The van der Waals surface area contributed by atoms with Crippen LogP contribution in [0.3, 0.4) is 0 Å². The summed E-state index contributed by atoms with van der Waals surface area (Å²) in [5.41, 5.74) is -0.304. The number of rotatable bonds is 1.